The average Bonchev–Trinajstić information content (AvgIpc) is 3.13. The van der Waals surface area contributed by atoms with Crippen molar-refractivity contribution < 1.29 is 0 Å². The Morgan fingerprint density at radius 3 is 3.00 bits per heavy atom. The largest absolute Gasteiger partial charge is 0.307 e. The van der Waals surface area contributed by atoms with Gasteiger partial charge >= 0.3 is 0 Å². The molecule has 1 heterocycles. The van der Waals surface area contributed by atoms with Crippen molar-refractivity contribution in [3.8, 4) is 5.69 Å². The van der Waals surface area contributed by atoms with E-state index >= 15 is 0 Å². The molecule has 0 atom stereocenters. The van der Waals surface area contributed by atoms with Crippen LogP contribution in [0.2, 0.25) is 0 Å². The summed E-state index contributed by atoms with van der Waals surface area (Å²) in [5.41, 5.74) is 1.04. The van der Waals surface area contributed by atoms with Crippen molar-refractivity contribution in [2.75, 3.05) is 6.26 Å². The summed E-state index contributed by atoms with van der Waals surface area (Å²) in [5, 5.41) is 15.4. The van der Waals surface area contributed by atoms with E-state index in [1.807, 2.05) is 22.9 Å². The second-order valence-electron chi connectivity index (χ2n) is 4.33. The molecule has 5 nitrogen and oxygen atoms in total. The first kappa shape index (κ1) is 11.7. The first-order valence-corrected chi connectivity index (χ1v) is 7.25. The van der Waals surface area contributed by atoms with E-state index in [0.29, 0.717) is 6.04 Å². The van der Waals surface area contributed by atoms with Crippen LogP contribution < -0.4 is 5.32 Å². The molecule has 0 radical (unpaired) electrons. The highest BCUT2D eigenvalue weighted by Crippen LogP contribution is 2.24. The second-order valence-corrected chi connectivity index (χ2v) is 5.18. The molecule has 1 N–H and O–H groups in total. The van der Waals surface area contributed by atoms with Gasteiger partial charge in [0.2, 0.25) is 0 Å². The van der Waals surface area contributed by atoms with E-state index in [2.05, 4.69) is 33.2 Å². The normalized spacial score (nSPS) is 14.9. The highest BCUT2D eigenvalue weighted by Gasteiger charge is 2.21. The lowest BCUT2D eigenvalue weighted by atomic mass is 10.3. The molecule has 0 spiro atoms. The van der Waals surface area contributed by atoms with Crippen molar-refractivity contribution in [2.45, 2.75) is 30.3 Å². The van der Waals surface area contributed by atoms with E-state index in [4.69, 9.17) is 0 Å². The molecule has 1 fully saturated rings. The van der Waals surface area contributed by atoms with E-state index in [9.17, 15) is 0 Å². The highest BCUT2D eigenvalue weighted by atomic mass is 32.2. The third-order valence-corrected chi connectivity index (χ3v) is 3.76. The summed E-state index contributed by atoms with van der Waals surface area (Å²) in [5.74, 6) is 0.864. The fourth-order valence-electron chi connectivity index (χ4n) is 1.83. The Morgan fingerprint density at radius 1 is 1.39 bits per heavy atom. The molecule has 1 aromatic heterocycles. The number of benzene rings is 1. The van der Waals surface area contributed by atoms with Gasteiger partial charge in [0.1, 0.15) is 0 Å². The zero-order chi connectivity index (χ0) is 12.4. The van der Waals surface area contributed by atoms with Crippen LogP contribution >= 0.6 is 11.8 Å². The Kier molecular flexibility index (Phi) is 3.29. The molecule has 6 heteroatoms. The molecular weight excluding hydrogens is 246 g/mol. The van der Waals surface area contributed by atoms with Gasteiger partial charge in [-0.3, -0.25) is 0 Å². The van der Waals surface area contributed by atoms with E-state index in [-0.39, 0.29) is 0 Å². The van der Waals surface area contributed by atoms with Crippen LogP contribution in [0.5, 0.6) is 0 Å². The third kappa shape index (κ3) is 2.39. The van der Waals surface area contributed by atoms with Crippen LogP contribution in [0.4, 0.5) is 0 Å². The molecular formula is C12H15N5S. The van der Waals surface area contributed by atoms with Gasteiger partial charge in [-0.1, -0.05) is 12.1 Å². The molecule has 1 aliphatic rings. The molecule has 1 aliphatic carbocycles. The number of rotatable bonds is 5. The van der Waals surface area contributed by atoms with Crippen LogP contribution in [0.25, 0.3) is 5.69 Å². The van der Waals surface area contributed by atoms with Crippen molar-refractivity contribution >= 4 is 11.8 Å². The standard InChI is InChI=1S/C12H15N5S/c1-18-11-5-3-2-4-10(11)17-12(14-15-16-17)8-13-9-6-7-9/h2-5,9,13H,6-8H2,1H3. The minimum Gasteiger partial charge on any atom is -0.307 e. The minimum atomic E-state index is 0.658. The number of hydrogen-bond acceptors (Lipinski definition) is 5. The Bertz CT molecular complexity index is 535. The summed E-state index contributed by atoms with van der Waals surface area (Å²) in [4.78, 5) is 1.18. The molecule has 0 aliphatic heterocycles. The van der Waals surface area contributed by atoms with Crippen molar-refractivity contribution in [1.82, 2.24) is 25.5 Å². The van der Waals surface area contributed by atoms with Crippen molar-refractivity contribution in [1.29, 1.82) is 0 Å². The number of tetrazole rings is 1. The van der Waals surface area contributed by atoms with Gasteiger partial charge in [0.25, 0.3) is 0 Å². The predicted octanol–water partition coefficient (Wildman–Crippen LogP) is 1.64. The SMILES string of the molecule is CSc1ccccc1-n1nnnc1CNC1CC1. The van der Waals surface area contributed by atoms with Crippen LogP contribution in [-0.4, -0.2) is 32.5 Å². The highest BCUT2D eigenvalue weighted by molar-refractivity contribution is 7.98. The van der Waals surface area contributed by atoms with Crippen molar-refractivity contribution in [2.24, 2.45) is 0 Å². The van der Waals surface area contributed by atoms with Gasteiger partial charge in [0, 0.05) is 10.9 Å². The zero-order valence-electron chi connectivity index (χ0n) is 10.2. The topological polar surface area (TPSA) is 55.6 Å². The lowest BCUT2D eigenvalue weighted by molar-refractivity contribution is 0.635. The number of aromatic nitrogens is 4. The maximum atomic E-state index is 4.10. The number of para-hydroxylation sites is 1. The van der Waals surface area contributed by atoms with Crippen LogP contribution in [0, 0.1) is 0 Å². The van der Waals surface area contributed by atoms with Gasteiger partial charge in [-0.25, -0.2) is 0 Å². The Labute approximate surface area is 110 Å². The van der Waals surface area contributed by atoms with Gasteiger partial charge in [0.15, 0.2) is 5.82 Å². The first-order chi connectivity index (χ1) is 8.88. The Hall–Kier alpha value is -1.40. The third-order valence-electron chi connectivity index (χ3n) is 2.97. The maximum absolute atomic E-state index is 4.10. The van der Waals surface area contributed by atoms with E-state index in [0.717, 1.165) is 18.1 Å². The van der Waals surface area contributed by atoms with Crippen molar-refractivity contribution in [3.63, 3.8) is 0 Å². The van der Waals surface area contributed by atoms with E-state index < -0.39 is 0 Å². The molecule has 1 aromatic carbocycles. The molecule has 1 saturated carbocycles. The van der Waals surface area contributed by atoms with E-state index in [1.54, 1.807) is 11.8 Å². The molecule has 3 rings (SSSR count). The molecule has 2 aromatic rings. The van der Waals surface area contributed by atoms with Crippen LogP contribution in [0.15, 0.2) is 29.2 Å². The van der Waals surface area contributed by atoms with Gasteiger partial charge in [-0.2, -0.15) is 4.68 Å². The fraction of sp³-hybridized carbons (Fsp3) is 0.417. The summed E-state index contributed by atoms with van der Waals surface area (Å²) < 4.78 is 1.82. The number of hydrogen-bond donors (Lipinski definition) is 1. The van der Waals surface area contributed by atoms with Gasteiger partial charge in [-0.15, -0.1) is 16.9 Å². The van der Waals surface area contributed by atoms with Crippen LogP contribution in [0.3, 0.4) is 0 Å². The predicted molar refractivity (Wildman–Crippen MR) is 70.8 cm³/mol. The van der Waals surface area contributed by atoms with Gasteiger partial charge in [-0.05, 0) is 41.7 Å². The summed E-state index contributed by atoms with van der Waals surface area (Å²) in [7, 11) is 0. The molecule has 94 valence electrons. The number of nitrogens with one attached hydrogen (secondary N) is 1. The maximum Gasteiger partial charge on any atom is 0.170 e. The summed E-state index contributed by atoms with van der Waals surface area (Å²) >= 11 is 1.70. The number of nitrogens with zero attached hydrogens (tertiary/aromatic N) is 4. The summed E-state index contributed by atoms with van der Waals surface area (Å²) in [6.07, 6.45) is 4.59. The average molecular weight is 261 g/mol. The lowest BCUT2D eigenvalue weighted by Gasteiger charge is -2.08. The van der Waals surface area contributed by atoms with Crippen molar-refractivity contribution in [3.05, 3.63) is 30.1 Å². The monoisotopic (exact) mass is 261 g/mol. The molecule has 0 saturated heterocycles. The van der Waals surface area contributed by atoms with Crippen LogP contribution in [0.1, 0.15) is 18.7 Å². The fourth-order valence-corrected chi connectivity index (χ4v) is 2.41. The molecule has 18 heavy (non-hydrogen) atoms. The molecule has 0 bridgehead atoms. The molecule has 0 amide bonds. The quantitative estimate of drug-likeness (QED) is 0.829. The van der Waals surface area contributed by atoms with Gasteiger partial charge < -0.3 is 5.32 Å². The Morgan fingerprint density at radius 2 is 2.22 bits per heavy atom. The number of thioether (sulfide) groups is 1. The lowest BCUT2D eigenvalue weighted by Crippen LogP contribution is -2.19. The minimum absolute atomic E-state index is 0.658. The van der Waals surface area contributed by atoms with Crippen LogP contribution in [-0.2, 0) is 6.54 Å². The van der Waals surface area contributed by atoms with E-state index in [1.165, 1.54) is 17.7 Å². The first-order valence-electron chi connectivity index (χ1n) is 6.02. The summed E-state index contributed by atoms with van der Waals surface area (Å²) in [6.45, 7) is 0.723. The molecule has 0 unspecified atom stereocenters. The summed E-state index contributed by atoms with van der Waals surface area (Å²) in [6, 6.07) is 8.82. The smallest absolute Gasteiger partial charge is 0.170 e. The second kappa shape index (κ2) is 5.07. The van der Waals surface area contributed by atoms with Gasteiger partial charge in [0.05, 0.1) is 12.2 Å². The zero-order valence-corrected chi connectivity index (χ0v) is 11.0. The Balaban J connectivity index is 1.88.